The predicted molar refractivity (Wildman–Crippen MR) is 119 cm³/mol. The first-order chi connectivity index (χ1) is 15.4. The molecule has 0 aliphatic heterocycles. The van der Waals surface area contributed by atoms with E-state index < -0.39 is 12.1 Å². The molecule has 0 bridgehead atoms. The maximum atomic E-state index is 13.0. The zero-order valence-corrected chi connectivity index (χ0v) is 19.1. The van der Waals surface area contributed by atoms with Gasteiger partial charge in [0.25, 0.3) is 0 Å². The fraction of sp³-hybridized carbons (Fsp3) is 0.333. The van der Waals surface area contributed by atoms with Crippen molar-refractivity contribution in [3.05, 3.63) is 47.5 Å². The molecule has 172 valence electrons. The van der Waals surface area contributed by atoms with Gasteiger partial charge in [0.1, 0.15) is 0 Å². The molecular formula is C24H28O8. The first kappa shape index (κ1) is 24.6. The van der Waals surface area contributed by atoms with Crippen LogP contribution in [0.3, 0.4) is 0 Å². The molecule has 0 spiro atoms. The average Bonchev–Trinajstić information content (AvgIpc) is 2.81. The van der Waals surface area contributed by atoms with Crippen LogP contribution in [0.4, 0.5) is 0 Å². The highest BCUT2D eigenvalue weighted by Crippen LogP contribution is 2.39. The third kappa shape index (κ3) is 5.94. The van der Waals surface area contributed by atoms with Crippen LogP contribution in [-0.4, -0.2) is 52.9 Å². The number of hydrogen-bond acceptors (Lipinski definition) is 8. The number of rotatable bonds is 11. The number of methoxy groups -OCH3 is 4. The molecule has 2 rings (SSSR count). The van der Waals surface area contributed by atoms with E-state index in [-0.39, 0.29) is 5.78 Å². The molecular weight excluding hydrogens is 416 g/mol. The lowest BCUT2D eigenvalue weighted by Crippen LogP contribution is -2.24. The van der Waals surface area contributed by atoms with Gasteiger partial charge in [-0.3, -0.25) is 4.79 Å². The predicted octanol–water partition coefficient (Wildman–Crippen LogP) is 3.95. The SMILES string of the molecule is CCOC(=O)/C=C/c1ccc(O[C@@H](C)C(=O)c2cc(OC)c(OC)c(OC)c2)c(OC)c1. The second kappa shape index (κ2) is 11.6. The van der Waals surface area contributed by atoms with E-state index >= 15 is 0 Å². The fourth-order valence-electron chi connectivity index (χ4n) is 2.94. The summed E-state index contributed by atoms with van der Waals surface area (Å²) in [4.78, 5) is 24.5. The number of carbonyl (C=O) groups is 2. The largest absolute Gasteiger partial charge is 0.493 e. The minimum absolute atomic E-state index is 0.280. The summed E-state index contributed by atoms with van der Waals surface area (Å²) < 4.78 is 32.1. The van der Waals surface area contributed by atoms with Crippen molar-refractivity contribution in [2.24, 2.45) is 0 Å². The molecule has 0 radical (unpaired) electrons. The van der Waals surface area contributed by atoms with Crippen molar-refractivity contribution in [1.82, 2.24) is 0 Å². The number of carbonyl (C=O) groups excluding carboxylic acids is 2. The zero-order valence-electron chi connectivity index (χ0n) is 19.1. The van der Waals surface area contributed by atoms with Crippen LogP contribution in [0.1, 0.15) is 29.8 Å². The number of ether oxygens (including phenoxy) is 6. The Morgan fingerprint density at radius 3 is 2.03 bits per heavy atom. The van der Waals surface area contributed by atoms with Gasteiger partial charge in [0.2, 0.25) is 11.5 Å². The quantitative estimate of drug-likeness (QED) is 0.292. The van der Waals surface area contributed by atoms with Gasteiger partial charge in [-0.1, -0.05) is 6.07 Å². The number of hydrogen-bond donors (Lipinski definition) is 0. The van der Waals surface area contributed by atoms with Crippen LogP contribution < -0.4 is 23.7 Å². The summed E-state index contributed by atoms with van der Waals surface area (Å²) in [5.74, 6) is 1.23. The summed E-state index contributed by atoms with van der Waals surface area (Å²) >= 11 is 0. The maximum absolute atomic E-state index is 13.0. The van der Waals surface area contributed by atoms with Gasteiger partial charge in [-0.15, -0.1) is 0 Å². The summed E-state index contributed by atoms with van der Waals surface area (Å²) in [7, 11) is 5.95. The smallest absolute Gasteiger partial charge is 0.330 e. The second-order valence-corrected chi connectivity index (χ2v) is 6.53. The molecule has 0 saturated heterocycles. The second-order valence-electron chi connectivity index (χ2n) is 6.53. The average molecular weight is 444 g/mol. The first-order valence-electron chi connectivity index (χ1n) is 9.92. The minimum Gasteiger partial charge on any atom is -0.493 e. The van der Waals surface area contributed by atoms with Gasteiger partial charge in [-0.2, -0.15) is 0 Å². The van der Waals surface area contributed by atoms with Gasteiger partial charge < -0.3 is 28.4 Å². The van der Waals surface area contributed by atoms with Crippen LogP contribution in [0.15, 0.2) is 36.4 Å². The van der Waals surface area contributed by atoms with Gasteiger partial charge in [0, 0.05) is 11.6 Å². The highest BCUT2D eigenvalue weighted by Gasteiger charge is 2.23. The Labute approximate surface area is 187 Å². The summed E-state index contributed by atoms with van der Waals surface area (Å²) in [6, 6.07) is 8.25. The van der Waals surface area contributed by atoms with Crippen LogP contribution in [0.25, 0.3) is 6.08 Å². The van der Waals surface area contributed by atoms with Gasteiger partial charge in [0.15, 0.2) is 29.1 Å². The molecule has 0 amide bonds. The molecule has 32 heavy (non-hydrogen) atoms. The Morgan fingerprint density at radius 2 is 1.50 bits per heavy atom. The van der Waals surface area contributed by atoms with Gasteiger partial charge in [-0.25, -0.2) is 4.79 Å². The molecule has 0 aliphatic rings. The van der Waals surface area contributed by atoms with Crippen molar-refractivity contribution < 1.29 is 38.0 Å². The molecule has 0 heterocycles. The number of benzene rings is 2. The topological polar surface area (TPSA) is 89.5 Å². The lowest BCUT2D eigenvalue weighted by molar-refractivity contribution is -0.137. The molecule has 8 nitrogen and oxygen atoms in total. The molecule has 0 aliphatic carbocycles. The van der Waals surface area contributed by atoms with Crippen molar-refractivity contribution in [3.63, 3.8) is 0 Å². The molecule has 0 saturated carbocycles. The Kier molecular flexibility index (Phi) is 8.95. The van der Waals surface area contributed by atoms with Crippen LogP contribution in [0, 0.1) is 0 Å². The number of Topliss-reactive ketones (excluding diaryl/α,β-unsaturated/α-hetero) is 1. The third-order valence-electron chi connectivity index (χ3n) is 4.51. The molecule has 0 fully saturated rings. The van der Waals surface area contributed by atoms with Gasteiger partial charge in [0.05, 0.1) is 35.0 Å². The first-order valence-corrected chi connectivity index (χ1v) is 9.92. The van der Waals surface area contributed by atoms with Crippen LogP contribution in [-0.2, 0) is 9.53 Å². The molecule has 0 unspecified atom stereocenters. The lowest BCUT2D eigenvalue weighted by Gasteiger charge is -2.18. The Bertz CT molecular complexity index is 955. The maximum Gasteiger partial charge on any atom is 0.330 e. The van der Waals surface area contributed by atoms with Gasteiger partial charge >= 0.3 is 5.97 Å². The van der Waals surface area contributed by atoms with Crippen molar-refractivity contribution >= 4 is 17.8 Å². The third-order valence-corrected chi connectivity index (χ3v) is 4.51. The molecule has 2 aromatic rings. The lowest BCUT2D eigenvalue weighted by atomic mass is 10.1. The van der Waals surface area contributed by atoms with E-state index in [1.54, 1.807) is 50.3 Å². The van der Waals surface area contributed by atoms with E-state index in [0.717, 1.165) is 0 Å². The summed E-state index contributed by atoms with van der Waals surface area (Å²) in [5, 5.41) is 0. The van der Waals surface area contributed by atoms with Crippen LogP contribution in [0.5, 0.6) is 28.7 Å². The van der Waals surface area contributed by atoms with Crippen molar-refractivity contribution in [1.29, 1.82) is 0 Å². The molecule has 0 N–H and O–H groups in total. The Balaban J connectivity index is 2.24. The normalized spacial score (nSPS) is 11.6. The Hall–Kier alpha value is -3.68. The van der Waals surface area contributed by atoms with E-state index in [0.29, 0.717) is 46.5 Å². The van der Waals surface area contributed by atoms with E-state index in [4.69, 9.17) is 28.4 Å². The number of ketones is 1. The van der Waals surface area contributed by atoms with E-state index in [1.807, 2.05) is 0 Å². The van der Waals surface area contributed by atoms with E-state index in [2.05, 4.69) is 0 Å². The molecule has 1 atom stereocenters. The van der Waals surface area contributed by atoms with Crippen molar-refractivity contribution in [3.8, 4) is 28.7 Å². The van der Waals surface area contributed by atoms with Gasteiger partial charge in [-0.05, 0) is 49.8 Å². The fourth-order valence-corrected chi connectivity index (χ4v) is 2.94. The van der Waals surface area contributed by atoms with Crippen molar-refractivity contribution in [2.75, 3.05) is 35.0 Å². The zero-order chi connectivity index (χ0) is 23.7. The monoisotopic (exact) mass is 444 g/mol. The highest BCUT2D eigenvalue weighted by atomic mass is 16.5. The summed E-state index contributed by atoms with van der Waals surface area (Å²) in [5.41, 5.74) is 1.06. The Morgan fingerprint density at radius 1 is 0.875 bits per heavy atom. The summed E-state index contributed by atoms with van der Waals surface area (Å²) in [6.07, 6.45) is 2.11. The van der Waals surface area contributed by atoms with E-state index in [1.165, 1.54) is 34.5 Å². The number of esters is 1. The standard InChI is InChI=1S/C24H28O8/c1-7-31-22(25)11-9-16-8-10-18(19(12-16)27-3)32-15(2)23(26)17-13-20(28-4)24(30-6)21(14-17)29-5/h8-15H,7H2,1-6H3/b11-9+/t15-/m0/s1. The van der Waals surface area contributed by atoms with Crippen LogP contribution >= 0.6 is 0 Å². The van der Waals surface area contributed by atoms with Crippen LogP contribution in [0.2, 0.25) is 0 Å². The molecule has 0 aromatic heterocycles. The van der Waals surface area contributed by atoms with E-state index in [9.17, 15) is 9.59 Å². The molecule has 8 heteroatoms. The van der Waals surface area contributed by atoms with Crippen molar-refractivity contribution in [2.45, 2.75) is 20.0 Å². The highest BCUT2D eigenvalue weighted by molar-refractivity contribution is 6.00. The molecule has 2 aromatic carbocycles. The summed E-state index contributed by atoms with van der Waals surface area (Å²) in [6.45, 7) is 3.68. The minimum atomic E-state index is -0.826.